The van der Waals surface area contributed by atoms with E-state index in [0.29, 0.717) is 5.03 Å². The van der Waals surface area contributed by atoms with Crippen LogP contribution in [-0.4, -0.2) is 5.97 Å². The van der Waals surface area contributed by atoms with Gasteiger partial charge in [0.25, 0.3) is 0 Å². The number of ether oxygens (including phenoxy) is 1. The van der Waals surface area contributed by atoms with Crippen LogP contribution in [0.25, 0.3) is 0 Å². The van der Waals surface area contributed by atoms with Crippen molar-refractivity contribution in [3.05, 3.63) is 35.4 Å². The first-order valence-corrected chi connectivity index (χ1v) is 7.38. The minimum Gasteiger partial charge on any atom is -0.372 e. The molecule has 110 valence electrons. The third kappa shape index (κ3) is 14.6. The highest BCUT2D eigenvalue weighted by Gasteiger charge is 1.89. The average molecular weight is 295 g/mol. The van der Waals surface area contributed by atoms with Gasteiger partial charge in [-0.3, -0.25) is 4.79 Å². The molecule has 0 fully saturated rings. The van der Waals surface area contributed by atoms with Gasteiger partial charge in [0, 0.05) is 6.92 Å². The van der Waals surface area contributed by atoms with E-state index in [1.165, 1.54) is 6.92 Å². The van der Waals surface area contributed by atoms with Gasteiger partial charge in [-0.25, -0.2) is 0 Å². The summed E-state index contributed by atoms with van der Waals surface area (Å²) in [5.74, 6) is 2.13. The van der Waals surface area contributed by atoms with E-state index in [1.54, 1.807) is 0 Å². The largest absolute Gasteiger partial charge is 0.372 e. The Kier molecular flexibility index (Phi) is 12.9. The van der Waals surface area contributed by atoms with Crippen LogP contribution in [0.3, 0.4) is 0 Å². The second-order valence-electron chi connectivity index (χ2n) is 4.24. The van der Waals surface area contributed by atoms with Gasteiger partial charge in [-0.15, -0.1) is 0 Å². The van der Waals surface area contributed by atoms with Crippen LogP contribution in [-0.2, 0) is 9.53 Å². The predicted octanol–water partition coefficient (Wildman–Crippen LogP) is 5.11. The summed E-state index contributed by atoms with van der Waals surface area (Å²) in [6, 6.07) is 0. The summed E-state index contributed by atoms with van der Waals surface area (Å²) in [6.45, 7) is 3.44. The molecule has 0 saturated heterocycles. The molecule has 0 heterocycles. The lowest BCUT2D eigenvalue weighted by Crippen LogP contribution is -1.89. The molecule has 0 saturated carbocycles. The molecule has 0 N–H and O–H groups in total. The highest BCUT2D eigenvalue weighted by atomic mass is 35.5. The fourth-order valence-corrected chi connectivity index (χ4v) is 1.54. The van der Waals surface area contributed by atoms with Gasteiger partial charge in [0.1, 0.15) is 6.11 Å². The first-order chi connectivity index (χ1) is 9.66. The molecule has 0 bridgehead atoms. The third-order valence-corrected chi connectivity index (χ3v) is 2.60. The maximum absolute atomic E-state index is 10.5. The molecule has 0 radical (unpaired) electrons. The zero-order chi connectivity index (χ0) is 15.1. The van der Waals surface area contributed by atoms with Crippen LogP contribution >= 0.6 is 11.6 Å². The van der Waals surface area contributed by atoms with E-state index in [2.05, 4.69) is 48.0 Å². The standard InChI is InChI=1S/C17H23ClO2/c1-3-4-5-6-7-8-9-10-11-12-13-17(18)14-15-20-16(2)19/h4-5,7-8,13H,3,6,9-12H2,1-2H3/b5-4+,8-7+,17-13-. The molecule has 0 aliphatic heterocycles. The number of esters is 1. The minimum absolute atomic E-state index is 0.423. The molecule has 0 aromatic rings. The number of carbonyl (C=O) groups excluding carboxylic acids is 1. The lowest BCUT2D eigenvalue weighted by Gasteiger charge is -1.93. The van der Waals surface area contributed by atoms with Crippen LogP contribution in [0.4, 0.5) is 0 Å². The van der Waals surface area contributed by atoms with E-state index in [-0.39, 0.29) is 0 Å². The Balaban J connectivity index is 3.61. The molecule has 0 aliphatic rings. The SMILES string of the molecule is CC/C=C/C/C=C/CCCC/C=C(\Cl)C#COC(C)=O. The molecule has 0 rings (SSSR count). The first-order valence-electron chi connectivity index (χ1n) is 7.01. The monoisotopic (exact) mass is 294 g/mol. The van der Waals surface area contributed by atoms with Crippen molar-refractivity contribution in [3.8, 4) is 12.0 Å². The van der Waals surface area contributed by atoms with Gasteiger partial charge >= 0.3 is 5.97 Å². The topological polar surface area (TPSA) is 26.3 Å². The van der Waals surface area contributed by atoms with Crippen molar-refractivity contribution in [2.45, 2.75) is 52.4 Å². The van der Waals surface area contributed by atoms with E-state index < -0.39 is 5.97 Å². The Morgan fingerprint density at radius 2 is 1.85 bits per heavy atom. The molecule has 0 amide bonds. The molecule has 3 heteroatoms. The zero-order valence-electron chi connectivity index (χ0n) is 12.3. The minimum atomic E-state index is -0.428. The van der Waals surface area contributed by atoms with Crippen molar-refractivity contribution in [1.29, 1.82) is 0 Å². The second kappa shape index (κ2) is 14.0. The molecule has 20 heavy (non-hydrogen) atoms. The fourth-order valence-electron chi connectivity index (χ4n) is 1.39. The van der Waals surface area contributed by atoms with E-state index in [9.17, 15) is 4.79 Å². The van der Waals surface area contributed by atoms with Gasteiger partial charge in [0.05, 0.1) is 5.03 Å². The zero-order valence-corrected chi connectivity index (χ0v) is 13.1. The molecule has 0 spiro atoms. The predicted molar refractivity (Wildman–Crippen MR) is 85.1 cm³/mol. The van der Waals surface area contributed by atoms with Crippen LogP contribution in [0.1, 0.15) is 52.4 Å². The number of rotatable bonds is 8. The summed E-state index contributed by atoms with van der Waals surface area (Å²) in [5.41, 5.74) is 0. The number of halogens is 1. The van der Waals surface area contributed by atoms with Crippen LogP contribution in [0, 0.1) is 12.0 Å². The van der Waals surface area contributed by atoms with Crippen molar-refractivity contribution in [3.63, 3.8) is 0 Å². The quantitative estimate of drug-likeness (QED) is 0.269. The lowest BCUT2D eigenvalue weighted by molar-refractivity contribution is -0.134. The molecule has 0 aromatic carbocycles. The molecule has 0 aliphatic carbocycles. The van der Waals surface area contributed by atoms with E-state index in [1.807, 2.05) is 6.08 Å². The summed E-state index contributed by atoms with van der Waals surface area (Å²) in [6.07, 6.45) is 19.2. The Morgan fingerprint density at radius 3 is 2.55 bits per heavy atom. The normalized spacial score (nSPS) is 11.7. The Hall–Kier alpha value is -1.46. The summed E-state index contributed by atoms with van der Waals surface area (Å²) < 4.78 is 4.47. The van der Waals surface area contributed by atoms with E-state index in [0.717, 1.165) is 38.5 Å². The highest BCUT2D eigenvalue weighted by Crippen LogP contribution is 2.07. The lowest BCUT2D eigenvalue weighted by atomic mass is 10.1. The summed E-state index contributed by atoms with van der Waals surface area (Å²) in [7, 11) is 0. The smallest absolute Gasteiger partial charge is 0.316 e. The van der Waals surface area contributed by atoms with Crippen LogP contribution in [0.2, 0.25) is 0 Å². The number of carbonyl (C=O) groups is 1. The number of hydrogen-bond donors (Lipinski definition) is 0. The number of allylic oxidation sites excluding steroid dienone is 6. The van der Waals surface area contributed by atoms with E-state index in [4.69, 9.17) is 11.6 Å². The molecule has 2 nitrogen and oxygen atoms in total. The fraction of sp³-hybridized carbons (Fsp3) is 0.471. The van der Waals surface area contributed by atoms with Gasteiger partial charge in [-0.2, -0.15) is 0 Å². The molecule has 0 unspecified atom stereocenters. The van der Waals surface area contributed by atoms with Crippen LogP contribution in [0.5, 0.6) is 0 Å². The first kappa shape index (κ1) is 18.5. The molecular weight excluding hydrogens is 272 g/mol. The van der Waals surface area contributed by atoms with Gasteiger partial charge in [0.2, 0.25) is 0 Å². The van der Waals surface area contributed by atoms with Gasteiger partial charge in [-0.1, -0.05) is 48.9 Å². The van der Waals surface area contributed by atoms with Gasteiger partial charge in [-0.05, 0) is 44.4 Å². The maximum atomic E-state index is 10.5. The summed E-state index contributed by atoms with van der Waals surface area (Å²) >= 11 is 5.85. The Morgan fingerprint density at radius 1 is 1.15 bits per heavy atom. The van der Waals surface area contributed by atoms with E-state index >= 15 is 0 Å². The van der Waals surface area contributed by atoms with Crippen molar-refractivity contribution >= 4 is 17.6 Å². The average Bonchev–Trinajstić information content (AvgIpc) is 2.40. The van der Waals surface area contributed by atoms with Crippen molar-refractivity contribution in [1.82, 2.24) is 0 Å². The Bertz CT molecular complexity index is 408. The van der Waals surface area contributed by atoms with Gasteiger partial charge in [0.15, 0.2) is 0 Å². The van der Waals surface area contributed by atoms with Crippen molar-refractivity contribution in [2.75, 3.05) is 0 Å². The summed E-state index contributed by atoms with van der Waals surface area (Å²) in [5, 5.41) is 0.423. The highest BCUT2D eigenvalue weighted by molar-refractivity contribution is 6.32. The van der Waals surface area contributed by atoms with Crippen LogP contribution < -0.4 is 0 Å². The maximum Gasteiger partial charge on any atom is 0.316 e. The van der Waals surface area contributed by atoms with Crippen molar-refractivity contribution < 1.29 is 9.53 Å². The molecular formula is C17H23ClO2. The van der Waals surface area contributed by atoms with Crippen molar-refractivity contribution in [2.24, 2.45) is 0 Å². The molecule has 0 atom stereocenters. The third-order valence-electron chi connectivity index (χ3n) is 2.35. The van der Waals surface area contributed by atoms with Gasteiger partial charge < -0.3 is 4.74 Å². The Labute approximate surface area is 127 Å². The second-order valence-corrected chi connectivity index (χ2v) is 4.65. The molecule has 0 aromatic heterocycles. The number of unbranched alkanes of at least 4 members (excludes halogenated alkanes) is 3. The number of hydrogen-bond acceptors (Lipinski definition) is 2. The van der Waals surface area contributed by atoms with Crippen LogP contribution in [0.15, 0.2) is 35.4 Å². The summed E-state index contributed by atoms with van der Waals surface area (Å²) in [4.78, 5) is 10.5.